The zero-order valence-corrected chi connectivity index (χ0v) is 20.0. The summed E-state index contributed by atoms with van der Waals surface area (Å²) in [5, 5.41) is 9.94. The molecule has 0 aliphatic heterocycles. The van der Waals surface area contributed by atoms with Crippen LogP contribution >= 0.6 is 0 Å². The summed E-state index contributed by atoms with van der Waals surface area (Å²) in [7, 11) is -7.84. The number of amides is 1. The van der Waals surface area contributed by atoms with Crippen LogP contribution in [-0.2, 0) is 43.2 Å². The van der Waals surface area contributed by atoms with Gasteiger partial charge in [-0.2, -0.15) is 4.72 Å². The van der Waals surface area contributed by atoms with Crippen molar-refractivity contribution in [3.8, 4) is 0 Å². The van der Waals surface area contributed by atoms with Crippen molar-refractivity contribution in [2.24, 2.45) is 0 Å². The third-order valence-corrected chi connectivity index (χ3v) is 9.01. The minimum absolute atomic E-state index is 0.117. The van der Waals surface area contributed by atoms with Crippen molar-refractivity contribution in [2.45, 2.75) is 48.8 Å². The molecule has 0 bridgehead atoms. The minimum atomic E-state index is -4.21. The molecule has 1 atom stereocenters. The first-order chi connectivity index (χ1) is 16.2. The summed E-state index contributed by atoms with van der Waals surface area (Å²) in [5.41, 5.74) is 3.54. The van der Waals surface area contributed by atoms with E-state index in [9.17, 15) is 21.6 Å². The zero-order valence-electron chi connectivity index (χ0n) is 18.4. The first kappa shape index (κ1) is 24.4. The molecule has 1 heterocycles. The highest BCUT2D eigenvalue weighted by molar-refractivity contribution is 7.90. The van der Waals surface area contributed by atoms with Crippen molar-refractivity contribution in [3.05, 3.63) is 65.4 Å². The van der Waals surface area contributed by atoms with E-state index in [1.807, 2.05) is 0 Å². The molecule has 0 radical (unpaired) electrons. The molecule has 4 rings (SSSR count). The lowest BCUT2D eigenvalue weighted by Gasteiger charge is -2.17. The number of carbonyl (C=O) groups is 1. The highest BCUT2D eigenvalue weighted by Gasteiger charge is 2.28. The summed E-state index contributed by atoms with van der Waals surface area (Å²) in [5.74, 6) is -0.877. The molecule has 0 saturated carbocycles. The largest absolute Gasteiger partial charge is 0.461 e. The number of aryl methyl sites for hydroxylation is 2. The molecule has 11 heteroatoms. The summed E-state index contributed by atoms with van der Waals surface area (Å²) in [6, 6.07) is 11.6. The Morgan fingerprint density at radius 2 is 1.76 bits per heavy atom. The molecule has 182 valence electrons. The third-order valence-electron chi connectivity index (χ3n) is 5.91. The lowest BCUT2D eigenvalue weighted by Crippen LogP contribution is -2.46. The van der Waals surface area contributed by atoms with Gasteiger partial charge < -0.3 is 4.42 Å². The number of sulfonamides is 1. The van der Waals surface area contributed by atoms with Crippen LogP contribution in [0.15, 0.2) is 57.8 Å². The van der Waals surface area contributed by atoms with Gasteiger partial charge in [0.15, 0.2) is 9.84 Å². The normalized spacial score (nSPS) is 15.1. The Hall–Kier alpha value is -2.73. The van der Waals surface area contributed by atoms with Crippen LogP contribution in [0.25, 0.3) is 11.0 Å². The lowest BCUT2D eigenvalue weighted by atomic mass is 9.96. The van der Waals surface area contributed by atoms with Gasteiger partial charge in [-0.05, 0) is 43.4 Å². The van der Waals surface area contributed by atoms with Gasteiger partial charge in [-0.15, -0.1) is 0 Å². The number of sulfone groups is 1. The number of hydroxylamine groups is 1. The summed E-state index contributed by atoms with van der Waals surface area (Å²) in [4.78, 5) is 12.0. The molecular formula is C23H26N2O7S2. The van der Waals surface area contributed by atoms with Gasteiger partial charge in [0.1, 0.15) is 17.4 Å². The number of hydrogen-bond donors (Lipinski definition) is 3. The monoisotopic (exact) mass is 506 g/mol. The highest BCUT2D eigenvalue weighted by atomic mass is 32.2. The molecule has 34 heavy (non-hydrogen) atoms. The van der Waals surface area contributed by atoms with Gasteiger partial charge in [-0.25, -0.2) is 22.3 Å². The summed E-state index contributed by atoms with van der Waals surface area (Å²) in [6.07, 6.45) is 3.40. The van der Waals surface area contributed by atoms with Gasteiger partial charge in [0.05, 0.1) is 16.4 Å². The van der Waals surface area contributed by atoms with Crippen LogP contribution in [0.1, 0.15) is 36.1 Å². The first-order valence-electron chi connectivity index (χ1n) is 10.9. The predicted molar refractivity (Wildman–Crippen MR) is 125 cm³/mol. The maximum atomic E-state index is 13.0. The molecule has 3 N–H and O–H groups in total. The Morgan fingerprint density at radius 3 is 2.50 bits per heavy atom. The summed E-state index contributed by atoms with van der Waals surface area (Å²) < 4.78 is 59.1. The smallest absolute Gasteiger partial charge is 0.261 e. The van der Waals surface area contributed by atoms with Crippen LogP contribution < -0.4 is 10.2 Å². The fourth-order valence-corrected chi connectivity index (χ4v) is 6.87. The average molecular weight is 507 g/mol. The topological polar surface area (TPSA) is 143 Å². The number of fused-ring (bicyclic) bond motifs is 3. The second-order valence-electron chi connectivity index (χ2n) is 8.39. The van der Waals surface area contributed by atoms with E-state index in [0.717, 1.165) is 42.4 Å². The number of hydrogen-bond acceptors (Lipinski definition) is 7. The molecule has 2 aromatic carbocycles. The number of benzene rings is 2. The predicted octanol–water partition coefficient (Wildman–Crippen LogP) is 2.47. The van der Waals surface area contributed by atoms with E-state index in [1.165, 1.54) is 17.6 Å². The molecule has 0 spiro atoms. The second kappa shape index (κ2) is 9.87. The zero-order chi connectivity index (χ0) is 24.3. The quantitative estimate of drug-likeness (QED) is 0.299. The van der Waals surface area contributed by atoms with Crippen LogP contribution in [0.2, 0.25) is 0 Å². The third kappa shape index (κ3) is 5.49. The van der Waals surface area contributed by atoms with Crippen molar-refractivity contribution in [2.75, 3.05) is 5.75 Å². The first-order valence-corrected chi connectivity index (χ1v) is 14.2. The van der Waals surface area contributed by atoms with Crippen LogP contribution in [0, 0.1) is 0 Å². The van der Waals surface area contributed by atoms with E-state index < -0.39 is 37.6 Å². The molecule has 0 fully saturated rings. The van der Waals surface area contributed by atoms with E-state index in [4.69, 9.17) is 9.62 Å². The Morgan fingerprint density at radius 1 is 1.03 bits per heavy atom. The van der Waals surface area contributed by atoms with E-state index in [1.54, 1.807) is 36.4 Å². The maximum absolute atomic E-state index is 13.0. The van der Waals surface area contributed by atoms with Crippen LogP contribution in [-0.4, -0.2) is 39.7 Å². The molecule has 1 aliphatic rings. The lowest BCUT2D eigenvalue weighted by molar-refractivity contribution is -0.130. The fourth-order valence-electron chi connectivity index (χ4n) is 4.19. The van der Waals surface area contributed by atoms with E-state index in [2.05, 4.69) is 4.72 Å². The van der Waals surface area contributed by atoms with Gasteiger partial charge in [0.25, 0.3) is 5.91 Å². The number of nitrogens with one attached hydrogen (secondary N) is 2. The standard InChI is InChI=1S/C23H26N2O7S2/c26-23(24-27)20(12-13-33(28,29)15-16-6-2-1-3-7-16)25-34(30,31)17-10-11-19-18-8-4-5-9-21(18)32-22(19)14-17/h1-3,6-7,10-11,14,20,25,27H,4-5,8-9,12-13,15H2,(H,24,26)/t20-/m0/s1. The molecule has 3 aromatic rings. The molecular weight excluding hydrogens is 480 g/mol. The Bertz CT molecular complexity index is 1400. The van der Waals surface area contributed by atoms with Gasteiger partial charge >= 0.3 is 0 Å². The SMILES string of the molecule is O=C(NO)[C@H](CCS(=O)(=O)Cc1ccccc1)NS(=O)(=O)c1ccc2c3c(oc2c1)CCCC3. The van der Waals surface area contributed by atoms with E-state index in [-0.39, 0.29) is 17.1 Å². The van der Waals surface area contributed by atoms with Crippen molar-refractivity contribution in [1.82, 2.24) is 10.2 Å². The van der Waals surface area contributed by atoms with Gasteiger partial charge in [0, 0.05) is 23.4 Å². The molecule has 9 nitrogen and oxygen atoms in total. The fraction of sp³-hybridized carbons (Fsp3) is 0.348. The van der Waals surface area contributed by atoms with E-state index in [0.29, 0.717) is 11.1 Å². The molecule has 0 saturated heterocycles. The second-order valence-corrected chi connectivity index (χ2v) is 12.3. The highest BCUT2D eigenvalue weighted by Crippen LogP contribution is 2.33. The minimum Gasteiger partial charge on any atom is -0.461 e. The van der Waals surface area contributed by atoms with Gasteiger partial charge in [-0.1, -0.05) is 30.3 Å². The molecule has 1 amide bonds. The van der Waals surface area contributed by atoms with Crippen LogP contribution in [0.3, 0.4) is 0 Å². The Kier molecular flexibility index (Phi) is 7.08. The summed E-state index contributed by atoms with van der Waals surface area (Å²) >= 11 is 0. The molecule has 1 aromatic heterocycles. The number of rotatable bonds is 9. The van der Waals surface area contributed by atoms with Crippen LogP contribution in [0.5, 0.6) is 0 Å². The molecule has 0 unspecified atom stereocenters. The average Bonchev–Trinajstić information content (AvgIpc) is 3.19. The van der Waals surface area contributed by atoms with E-state index >= 15 is 0 Å². The van der Waals surface area contributed by atoms with Crippen molar-refractivity contribution >= 4 is 36.7 Å². The van der Waals surface area contributed by atoms with Crippen molar-refractivity contribution in [3.63, 3.8) is 0 Å². The van der Waals surface area contributed by atoms with Gasteiger partial charge in [-0.3, -0.25) is 10.0 Å². The maximum Gasteiger partial charge on any atom is 0.261 e. The van der Waals surface area contributed by atoms with Crippen LogP contribution in [0.4, 0.5) is 0 Å². The van der Waals surface area contributed by atoms with Gasteiger partial charge in [0.2, 0.25) is 10.0 Å². The van der Waals surface area contributed by atoms with Crippen molar-refractivity contribution < 1.29 is 31.3 Å². The number of carbonyl (C=O) groups excluding carboxylic acids is 1. The molecule has 1 aliphatic carbocycles. The Balaban J connectivity index is 1.51. The van der Waals surface area contributed by atoms with Crippen molar-refractivity contribution in [1.29, 1.82) is 0 Å². The Labute approximate surface area is 198 Å². The summed E-state index contributed by atoms with van der Waals surface area (Å²) in [6.45, 7) is 0. The number of furan rings is 1.